The molecule has 1 heterocycles. The third-order valence-electron chi connectivity index (χ3n) is 1.51. The van der Waals surface area contributed by atoms with Crippen LogP contribution in [0.1, 0.15) is 11.1 Å². The minimum atomic E-state index is -0.552. The third kappa shape index (κ3) is 1.22. The number of aromatic nitrogens is 1. The fourth-order valence-corrected chi connectivity index (χ4v) is 0.811. The largest absolute Gasteiger partial charge is 0.291 e. The number of rotatable bonds is 1. The zero-order chi connectivity index (χ0) is 9.14. The smallest absolute Gasteiger partial charge is 0.258 e. The number of nitriles is 1. The molecule has 5 heteroatoms. The number of hydrogen-bond acceptors (Lipinski definition) is 4. The normalized spacial score (nSPS) is 9.00. The van der Waals surface area contributed by atoms with Crippen molar-refractivity contribution in [1.82, 2.24) is 4.98 Å². The van der Waals surface area contributed by atoms with Crippen molar-refractivity contribution < 1.29 is 4.92 Å². The molecule has 0 aromatic carbocycles. The Kier molecular flexibility index (Phi) is 2.01. The van der Waals surface area contributed by atoms with E-state index in [9.17, 15) is 10.1 Å². The Hall–Kier alpha value is -1.96. The summed E-state index contributed by atoms with van der Waals surface area (Å²) in [6.07, 6.45) is 2.44. The van der Waals surface area contributed by atoms with Crippen LogP contribution in [-0.2, 0) is 0 Å². The van der Waals surface area contributed by atoms with Crippen molar-refractivity contribution in [3.05, 3.63) is 33.6 Å². The SMILES string of the molecule is Cc1c(C#N)cncc1[N+](=O)[O-]. The van der Waals surface area contributed by atoms with Crippen LogP contribution in [0.2, 0.25) is 0 Å². The van der Waals surface area contributed by atoms with Gasteiger partial charge in [-0.25, -0.2) is 0 Å². The second-order valence-electron chi connectivity index (χ2n) is 2.20. The van der Waals surface area contributed by atoms with E-state index in [1.165, 1.54) is 13.1 Å². The zero-order valence-corrected chi connectivity index (χ0v) is 6.31. The lowest BCUT2D eigenvalue weighted by Crippen LogP contribution is -1.95. The lowest BCUT2D eigenvalue weighted by Gasteiger charge is -1.96. The van der Waals surface area contributed by atoms with E-state index in [0.717, 1.165) is 6.20 Å². The van der Waals surface area contributed by atoms with Crippen LogP contribution >= 0.6 is 0 Å². The molecule has 0 aliphatic rings. The highest BCUT2D eigenvalue weighted by molar-refractivity contribution is 5.46. The summed E-state index contributed by atoms with van der Waals surface area (Å²) in [5.74, 6) is 0. The van der Waals surface area contributed by atoms with E-state index in [-0.39, 0.29) is 11.3 Å². The van der Waals surface area contributed by atoms with Gasteiger partial charge in [-0.2, -0.15) is 5.26 Å². The molecule has 1 aromatic heterocycles. The molecule has 0 unspecified atom stereocenters. The summed E-state index contributed by atoms with van der Waals surface area (Å²) in [5, 5.41) is 18.9. The number of hydrogen-bond donors (Lipinski definition) is 0. The van der Waals surface area contributed by atoms with E-state index >= 15 is 0 Å². The van der Waals surface area contributed by atoms with Gasteiger partial charge >= 0.3 is 0 Å². The topological polar surface area (TPSA) is 79.8 Å². The summed E-state index contributed by atoms with van der Waals surface area (Å²) in [4.78, 5) is 13.4. The van der Waals surface area contributed by atoms with Gasteiger partial charge in [0.05, 0.1) is 10.5 Å². The van der Waals surface area contributed by atoms with Gasteiger partial charge in [-0.05, 0) is 6.92 Å². The van der Waals surface area contributed by atoms with E-state index < -0.39 is 4.92 Å². The van der Waals surface area contributed by atoms with Gasteiger partial charge in [0.25, 0.3) is 5.69 Å². The van der Waals surface area contributed by atoms with Crippen LogP contribution in [0.3, 0.4) is 0 Å². The molecule has 0 saturated carbocycles. The molecule has 1 aromatic rings. The van der Waals surface area contributed by atoms with E-state index in [4.69, 9.17) is 5.26 Å². The van der Waals surface area contributed by atoms with Gasteiger partial charge in [-0.1, -0.05) is 0 Å². The van der Waals surface area contributed by atoms with Gasteiger partial charge < -0.3 is 0 Å². The molecular weight excluding hydrogens is 158 g/mol. The highest BCUT2D eigenvalue weighted by Gasteiger charge is 2.13. The van der Waals surface area contributed by atoms with Crippen LogP contribution in [0.15, 0.2) is 12.4 Å². The molecule has 1 rings (SSSR count). The van der Waals surface area contributed by atoms with Crippen molar-refractivity contribution in [1.29, 1.82) is 5.26 Å². The standard InChI is InChI=1S/C7H5N3O2/c1-5-6(2-8)3-9-4-7(5)10(11)12/h3-4H,1H3. The number of nitrogens with zero attached hydrogens (tertiary/aromatic N) is 3. The highest BCUT2D eigenvalue weighted by Crippen LogP contribution is 2.18. The molecule has 5 nitrogen and oxygen atoms in total. The Morgan fingerprint density at radius 3 is 2.83 bits per heavy atom. The van der Waals surface area contributed by atoms with Gasteiger partial charge in [0.1, 0.15) is 12.3 Å². The maximum absolute atomic E-state index is 10.3. The first-order valence-corrected chi connectivity index (χ1v) is 3.16. The van der Waals surface area contributed by atoms with Crippen molar-refractivity contribution in [2.75, 3.05) is 0 Å². The monoisotopic (exact) mass is 163 g/mol. The maximum Gasteiger partial charge on any atom is 0.291 e. The Morgan fingerprint density at radius 2 is 2.33 bits per heavy atom. The molecule has 0 amide bonds. The van der Waals surface area contributed by atoms with Crippen LogP contribution in [0, 0.1) is 28.4 Å². The van der Waals surface area contributed by atoms with Crippen LogP contribution in [0.5, 0.6) is 0 Å². The quantitative estimate of drug-likeness (QED) is 0.459. The van der Waals surface area contributed by atoms with Crippen molar-refractivity contribution in [3.63, 3.8) is 0 Å². The Labute approximate surface area is 68.4 Å². The molecule has 0 radical (unpaired) electrons. The summed E-state index contributed by atoms with van der Waals surface area (Å²) in [6.45, 7) is 1.53. The molecular formula is C7H5N3O2. The first kappa shape index (κ1) is 8.14. The lowest BCUT2D eigenvalue weighted by molar-refractivity contribution is -0.385. The van der Waals surface area contributed by atoms with E-state index in [2.05, 4.69) is 4.98 Å². The number of nitro groups is 1. The van der Waals surface area contributed by atoms with Gasteiger partial charge in [0.15, 0.2) is 0 Å². The summed E-state index contributed by atoms with van der Waals surface area (Å²) in [6, 6.07) is 1.82. The molecule has 0 saturated heterocycles. The predicted octanol–water partition coefficient (Wildman–Crippen LogP) is 1.17. The maximum atomic E-state index is 10.3. The lowest BCUT2D eigenvalue weighted by atomic mass is 10.1. The van der Waals surface area contributed by atoms with Crippen LogP contribution in [0.4, 0.5) is 5.69 Å². The molecule has 12 heavy (non-hydrogen) atoms. The molecule has 0 fully saturated rings. The molecule has 60 valence electrons. The van der Waals surface area contributed by atoms with Crippen LogP contribution < -0.4 is 0 Å². The third-order valence-corrected chi connectivity index (χ3v) is 1.51. The van der Waals surface area contributed by atoms with Crippen molar-refractivity contribution in [2.24, 2.45) is 0 Å². The van der Waals surface area contributed by atoms with E-state index in [0.29, 0.717) is 5.56 Å². The van der Waals surface area contributed by atoms with Crippen molar-refractivity contribution in [3.8, 4) is 6.07 Å². The predicted molar refractivity (Wildman–Crippen MR) is 40.3 cm³/mol. The highest BCUT2D eigenvalue weighted by atomic mass is 16.6. The molecule has 0 aliphatic heterocycles. The van der Waals surface area contributed by atoms with Gasteiger partial charge in [0, 0.05) is 11.8 Å². The van der Waals surface area contributed by atoms with Crippen LogP contribution in [0.25, 0.3) is 0 Å². The van der Waals surface area contributed by atoms with Gasteiger partial charge in [-0.3, -0.25) is 15.1 Å². The van der Waals surface area contributed by atoms with Crippen molar-refractivity contribution >= 4 is 5.69 Å². The Bertz CT molecular complexity index is 367. The van der Waals surface area contributed by atoms with Crippen LogP contribution in [-0.4, -0.2) is 9.91 Å². The molecule has 0 aliphatic carbocycles. The summed E-state index contributed by atoms with van der Waals surface area (Å²) < 4.78 is 0. The van der Waals surface area contributed by atoms with E-state index in [1.54, 1.807) is 0 Å². The Morgan fingerprint density at radius 1 is 1.67 bits per heavy atom. The zero-order valence-electron chi connectivity index (χ0n) is 6.31. The first-order chi connectivity index (χ1) is 5.66. The fourth-order valence-electron chi connectivity index (χ4n) is 0.811. The first-order valence-electron chi connectivity index (χ1n) is 3.16. The second kappa shape index (κ2) is 2.96. The second-order valence-corrected chi connectivity index (χ2v) is 2.20. The average Bonchev–Trinajstić information content (AvgIpc) is 2.04. The van der Waals surface area contributed by atoms with Gasteiger partial charge in [-0.15, -0.1) is 0 Å². The minimum Gasteiger partial charge on any atom is -0.258 e. The number of pyridine rings is 1. The van der Waals surface area contributed by atoms with Gasteiger partial charge in [0.2, 0.25) is 0 Å². The molecule has 0 bridgehead atoms. The average molecular weight is 163 g/mol. The summed E-state index contributed by atoms with van der Waals surface area (Å²) >= 11 is 0. The molecule has 0 N–H and O–H groups in total. The summed E-state index contributed by atoms with van der Waals surface area (Å²) in [5.41, 5.74) is 0.482. The summed E-state index contributed by atoms with van der Waals surface area (Å²) in [7, 11) is 0. The Balaban J connectivity index is 3.35. The van der Waals surface area contributed by atoms with E-state index in [1.807, 2.05) is 6.07 Å². The fraction of sp³-hybridized carbons (Fsp3) is 0.143. The van der Waals surface area contributed by atoms with Crippen molar-refractivity contribution in [2.45, 2.75) is 6.92 Å². The molecule has 0 spiro atoms. The minimum absolute atomic E-state index is 0.117. The molecule has 0 atom stereocenters.